The average molecular weight is 217 g/mol. The molecular weight excluding hydrogens is 197 g/mol. The molecule has 1 heteroatoms. The van der Waals surface area contributed by atoms with Crippen LogP contribution in [0, 0.1) is 18.8 Å². The number of rotatable bonds is 1. The van der Waals surface area contributed by atoms with Crippen molar-refractivity contribution < 1.29 is 32.7 Å². The molecule has 0 aliphatic heterocycles. The zero-order valence-electron chi connectivity index (χ0n) is 8.07. The van der Waals surface area contributed by atoms with Crippen LogP contribution in [0.2, 0.25) is 0 Å². The van der Waals surface area contributed by atoms with E-state index in [1.165, 1.54) is 5.92 Å². The van der Waals surface area contributed by atoms with Gasteiger partial charge in [-0.1, -0.05) is 19.8 Å². The van der Waals surface area contributed by atoms with Crippen LogP contribution in [0.5, 0.6) is 0 Å². The summed E-state index contributed by atoms with van der Waals surface area (Å²) in [4.78, 5) is 0. The summed E-state index contributed by atoms with van der Waals surface area (Å²) in [6, 6.07) is 0. The summed E-state index contributed by atoms with van der Waals surface area (Å²) in [7, 11) is 0. The van der Waals surface area contributed by atoms with Gasteiger partial charge in [-0.3, -0.25) is 0 Å². The van der Waals surface area contributed by atoms with E-state index in [4.69, 9.17) is 0 Å². The van der Waals surface area contributed by atoms with Crippen molar-refractivity contribution in [1.82, 2.24) is 0 Å². The second-order valence-corrected chi connectivity index (χ2v) is 3.18. The second-order valence-electron chi connectivity index (χ2n) is 3.18. The Labute approximate surface area is 92.0 Å². The number of hydrogen-bond donors (Lipinski definition) is 0. The summed E-state index contributed by atoms with van der Waals surface area (Å²) in [6.45, 7) is 14.3. The Kier molecular flexibility index (Phi) is 22.0. The predicted molar refractivity (Wildman–Crippen MR) is 45.1 cm³/mol. The Balaban J connectivity index is -0.0000000910. The first-order chi connectivity index (χ1) is 4.00. The van der Waals surface area contributed by atoms with Crippen molar-refractivity contribution in [2.75, 3.05) is 0 Å². The van der Waals surface area contributed by atoms with E-state index in [1.807, 2.05) is 0 Å². The van der Waals surface area contributed by atoms with Gasteiger partial charge in [0.15, 0.2) is 0 Å². The van der Waals surface area contributed by atoms with Gasteiger partial charge in [-0.15, -0.1) is 0 Å². The molecule has 0 aromatic rings. The molecule has 0 atom stereocenters. The molecule has 0 rings (SSSR count). The Hall–Kier alpha value is 1.10. The van der Waals surface area contributed by atoms with Crippen LogP contribution in [-0.2, 0) is 32.7 Å². The van der Waals surface area contributed by atoms with E-state index in [0.717, 1.165) is 12.3 Å². The molecule has 0 bridgehead atoms. The van der Waals surface area contributed by atoms with Crippen LogP contribution in [0.25, 0.3) is 0 Å². The van der Waals surface area contributed by atoms with Crippen LogP contribution in [-0.4, -0.2) is 0 Å². The molecule has 0 nitrogen and oxygen atoms in total. The van der Waals surface area contributed by atoms with Crippen molar-refractivity contribution in [3.05, 3.63) is 12.8 Å². The molecule has 0 amide bonds. The molecule has 0 aromatic heterocycles. The minimum Gasteiger partial charge on any atom is -0.343 e. The summed E-state index contributed by atoms with van der Waals surface area (Å²) in [5.74, 6) is 2.19. The molecule has 0 N–H and O–H groups in total. The van der Waals surface area contributed by atoms with E-state index in [0.29, 0.717) is 0 Å². The summed E-state index contributed by atoms with van der Waals surface area (Å²) >= 11 is 0. The Morgan fingerprint density at radius 1 is 1.20 bits per heavy atom. The van der Waals surface area contributed by atoms with Crippen molar-refractivity contribution in [3.8, 4) is 0 Å². The fourth-order valence-electron chi connectivity index (χ4n) is 0. The molecule has 0 radical (unpaired) electrons. The van der Waals surface area contributed by atoms with Gasteiger partial charge in [0.25, 0.3) is 0 Å². The first kappa shape index (κ1) is 17.3. The Morgan fingerprint density at radius 2 is 1.30 bits per heavy atom. The zero-order valence-corrected chi connectivity index (χ0v) is 10.9. The first-order valence-corrected chi connectivity index (χ1v) is 3.56. The molecule has 10 heavy (non-hydrogen) atoms. The van der Waals surface area contributed by atoms with E-state index in [-0.39, 0.29) is 32.7 Å². The van der Waals surface area contributed by atoms with Crippen LogP contribution in [0.15, 0.2) is 0 Å². The van der Waals surface area contributed by atoms with Gasteiger partial charge in [0.05, 0.1) is 0 Å². The van der Waals surface area contributed by atoms with Crippen LogP contribution < -0.4 is 0 Å². The summed E-state index contributed by atoms with van der Waals surface area (Å²) in [5.41, 5.74) is 0. The van der Waals surface area contributed by atoms with E-state index < -0.39 is 0 Å². The van der Waals surface area contributed by atoms with Crippen molar-refractivity contribution in [1.29, 1.82) is 0 Å². The van der Waals surface area contributed by atoms with Gasteiger partial charge in [0, 0.05) is 0 Å². The van der Waals surface area contributed by atoms with Crippen molar-refractivity contribution in [3.63, 3.8) is 0 Å². The van der Waals surface area contributed by atoms with Crippen LogP contribution in [0.3, 0.4) is 0 Å². The maximum absolute atomic E-state index is 3.69. The molecule has 0 saturated heterocycles. The van der Waals surface area contributed by atoms with Crippen LogP contribution in [0.4, 0.5) is 0 Å². The minimum absolute atomic E-state index is 0. The van der Waals surface area contributed by atoms with Gasteiger partial charge in [-0.05, 0) is 0 Å². The molecule has 0 saturated carbocycles. The third kappa shape index (κ3) is 62.1. The quantitative estimate of drug-likeness (QED) is 0.590. The largest absolute Gasteiger partial charge is 3.00 e. The smallest absolute Gasteiger partial charge is 0.343 e. The third-order valence-electron chi connectivity index (χ3n) is 0.577. The molecule has 58 valence electrons. The van der Waals surface area contributed by atoms with E-state index in [1.54, 1.807) is 0 Å². The van der Waals surface area contributed by atoms with Crippen LogP contribution in [0.1, 0.15) is 41.0 Å². The summed E-state index contributed by atoms with van der Waals surface area (Å²) in [5, 5.41) is 0. The van der Waals surface area contributed by atoms with E-state index in [2.05, 4.69) is 41.5 Å². The van der Waals surface area contributed by atoms with Crippen LogP contribution >= 0.6 is 0 Å². The number of hydrogen-bond acceptors (Lipinski definition) is 0. The van der Waals surface area contributed by atoms with Gasteiger partial charge < -0.3 is 12.8 Å². The standard InChI is InChI=1S/C5H11.C4H9.Y/c1-4-5(2)3;1-4(2)3;/h5H,1,4H2,2-3H3;1-3H3;/q2*-1;+3. The van der Waals surface area contributed by atoms with Crippen molar-refractivity contribution in [2.24, 2.45) is 5.92 Å². The molecule has 0 heterocycles. The monoisotopic (exact) mass is 217 g/mol. The van der Waals surface area contributed by atoms with Gasteiger partial charge in [-0.2, -0.15) is 27.2 Å². The maximum atomic E-state index is 3.69. The zero-order chi connectivity index (χ0) is 7.86. The minimum atomic E-state index is 0. The van der Waals surface area contributed by atoms with Gasteiger partial charge in [0.2, 0.25) is 0 Å². The summed E-state index contributed by atoms with van der Waals surface area (Å²) < 4.78 is 0. The maximum Gasteiger partial charge on any atom is 3.00 e. The predicted octanol–water partition coefficient (Wildman–Crippen LogP) is 3.48. The molecule has 0 fully saturated rings. The SMILES string of the molecule is C[C-](C)C.[CH2-]CC(C)C.[Y+3]. The topological polar surface area (TPSA) is 0 Å². The Bertz CT molecular complexity index is 37.2. The molecule has 0 spiro atoms. The van der Waals surface area contributed by atoms with Gasteiger partial charge in [0.1, 0.15) is 0 Å². The molecule has 0 aliphatic rings. The van der Waals surface area contributed by atoms with E-state index in [9.17, 15) is 0 Å². The Morgan fingerprint density at radius 3 is 1.30 bits per heavy atom. The average Bonchev–Trinajstić information content (AvgIpc) is 1.65. The molecular formula is C9H20Y+. The van der Waals surface area contributed by atoms with E-state index >= 15 is 0 Å². The fraction of sp³-hybridized carbons (Fsp3) is 0.778. The van der Waals surface area contributed by atoms with Crippen molar-refractivity contribution >= 4 is 0 Å². The second kappa shape index (κ2) is 12.8. The molecule has 0 unspecified atom stereocenters. The first-order valence-electron chi connectivity index (χ1n) is 3.56. The molecule has 0 aromatic carbocycles. The fourth-order valence-corrected chi connectivity index (χ4v) is 0. The molecule has 0 aliphatic carbocycles. The third-order valence-corrected chi connectivity index (χ3v) is 0.577. The van der Waals surface area contributed by atoms with Gasteiger partial charge >= 0.3 is 32.7 Å². The van der Waals surface area contributed by atoms with Crippen molar-refractivity contribution in [2.45, 2.75) is 41.0 Å². The normalized spacial score (nSPS) is 8.40. The summed E-state index contributed by atoms with van der Waals surface area (Å²) in [6.07, 6.45) is 1.06. The van der Waals surface area contributed by atoms with Gasteiger partial charge in [-0.25, -0.2) is 0 Å².